The highest BCUT2D eigenvalue weighted by molar-refractivity contribution is 6.31. The average Bonchev–Trinajstić information content (AvgIpc) is 4.18. The van der Waals surface area contributed by atoms with Gasteiger partial charge < -0.3 is 50.7 Å². The number of nitrogens with one attached hydrogen (secondary N) is 4. The number of rotatable bonds is 9. The monoisotopic (exact) mass is 1170 g/mol. The van der Waals surface area contributed by atoms with Crippen LogP contribution in [0.5, 0.6) is 0 Å². The number of anilines is 2. The number of nitrogens with zero attached hydrogens (tertiary/aromatic N) is 3. The first-order valence-electron chi connectivity index (χ1n) is 24.1. The van der Waals surface area contributed by atoms with Gasteiger partial charge in [0.1, 0.15) is 48.4 Å². The fourth-order valence-electron chi connectivity index (χ4n) is 8.63. The quantitative estimate of drug-likeness (QED) is 0.0685. The van der Waals surface area contributed by atoms with Gasteiger partial charge in [-0.1, -0.05) is 23.2 Å². The standard InChI is InChI=1S/C22H22ClF2N3O4.C16H13ClF2N2O.C14H21N3O5.2ClH/c23-16-9-12(1-4-17(16)24)27-21(29)15-2-5-18(25)20-14(15)3-6-19(20)28-22(30)32-11-13-10-31-8-7-26-13;17-11-7-8(1-4-12(11)18)21-16(22)10-2-5-13(19)15-9(10)3-6-14(15)20;1-14(2,3)22-13(19)17-6-7-20-8-11(17)9-21-12(18)16-5-4-15-10-16;;/h1-2,4-5,9,13,19,26H,3,6-8,10-11H2,(H,27,29)(H,28,30);1-2,4-5,7,14H,3,6,20H2,(H,21,22);4-5,10-11H,6-9H2,1-3H3;2*1H/t13-,19+;14-;11-;;/m101../s1. The molecule has 2 aliphatic carbocycles. The lowest BCUT2D eigenvalue weighted by molar-refractivity contribution is -0.0460. The van der Waals surface area contributed by atoms with Gasteiger partial charge in [0, 0.05) is 65.2 Å². The predicted octanol–water partition coefficient (Wildman–Crippen LogP) is 9.74. The number of benzene rings is 4. The Hall–Kier alpha value is -6.24. The summed E-state index contributed by atoms with van der Waals surface area (Å²) in [5, 5.41) is 10.9. The zero-order valence-electron chi connectivity index (χ0n) is 42.4. The SMILES string of the molecule is CC(C)(C)OC(=O)N1CCOC[C@@H]1COC(=O)n1ccnc1.Cl.Cl.N[C@H]1CCc2c(C(=O)Nc3ccc(F)c(Cl)c3)ccc(F)c21.O=C(N[C@H]1CCc2c(C(=O)Nc3ccc(F)c(Cl)c3)ccc(F)c21)OC[C@H]1COCCN1. The van der Waals surface area contributed by atoms with Crippen LogP contribution < -0.4 is 27.0 Å². The molecule has 0 bridgehead atoms. The second-order valence-corrected chi connectivity index (χ2v) is 19.6. The molecule has 2 fully saturated rings. The minimum absolute atomic E-state index is 0. The number of hydrogen-bond donors (Lipinski definition) is 5. The van der Waals surface area contributed by atoms with Crippen LogP contribution in [-0.4, -0.2) is 115 Å². The van der Waals surface area contributed by atoms with E-state index >= 15 is 0 Å². The summed E-state index contributed by atoms with van der Waals surface area (Å²) in [6.07, 6.45) is 4.69. The molecule has 78 heavy (non-hydrogen) atoms. The summed E-state index contributed by atoms with van der Waals surface area (Å²) in [4.78, 5) is 66.7. The van der Waals surface area contributed by atoms with Crippen LogP contribution in [-0.2, 0) is 36.5 Å². The molecule has 18 nitrogen and oxygen atoms in total. The highest BCUT2D eigenvalue weighted by atomic mass is 35.5. The van der Waals surface area contributed by atoms with Crippen molar-refractivity contribution in [2.45, 2.75) is 76.2 Å². The molecule has 2 saturated heterocycles. The van der Waals surface area contributed by atoms with Crippen LogP contribution in [0.25, 0.3) is 0 Å². The van der Waals surface area contributed by atoms with Crippen molar-refractivity contribution in [1.29, 1.82) is 0 Å². The molecule has 4 amide bonds. The lowest BCUT2D eigenvalue weighted by Crippen LogP contribution is -2.52. The lowest BCUT2D eigenvalue weighted by atomic mass is 10.0. The Balaban J connectivity index is 0.000000219. The largest absolute Gasteiger partial charge is 0.448 e. The van der Waals surface area contributed by atoms with Crippen LogP contribution in [0.1, 0.15) is 88.7 Å². The number of aromatic nitrogens is 2. The third-order valence-electron chi connectivity index (χ3n) is 12.2. The van der Waals surface area contributed by atoms with E-state index in [0.29, 0.717) is 98.8 Å². The van der Waals surface area contributed by atoms with Crippen LogP contribution in [0.3, 0.4) is 0 Å². The van der Waals surface area contributed by atoms with E-state index in [1.807, 2.05) is 0 Å². The Bertz CT molecular complexity index is 2920. The highest BCUT2D eigenvalue weighted by Gasteiger charge is 2.34. The van der Waals surface area contributed by atoms with Gasteiger partial charge in [0.25, 0.3) is 11.8 Å². The molecular formula is C52H58Cl4F4N8O10. The number of ether oxygens (including phenoxy) is 5. The molecule has 9 rings (SSSR count). The molecule has 6 N–H and O–H groups in total. The van der Waals surface area contributed by atoms with Crippen LogP contribution in [0.2, 0.25) is 10.0 Å². The maximum Gasteiger partial charge on any atom is 0.419 e. The van der Waals surface area contributed by atoms with Gasteiger partial charge >= 0.3 is 18.3 Å². The van der Waals surface area contributed by atoms with Crippen LogP contribution in [0.4, 0.5) is 43.3 Å². The van der Waals surface area contributed by atoms with Crippen molar-refractivity contribution < 1.29 is 65.2 Å². The van der Waals surface area contributed by atoms with Crippen molar-refractivity contribution in [1.82, 2.24) is 25.1 Å². The molecule has 422 valence electrons. The topological polar surface area (TPSA) is 227 Å². The molecule has 4 aliphatic rings. The zero-order valence-corrected chi connectivity index (χ0v) is 45.5. The minimum atomic E-state index is -0.662. The number of alkyl carbamates (subject to hydrolysis) is 1. The van der Waals surface area contributed by atoms with Gasteiger partial charge in [-0.15, -0.1) is 24.8 Å². The van der Waals surface area contributed by atoms with Crippen LogP contribution in [0, 0.1) is 23.3 Å². The number of nitrogens with two attached hydrogens (primary N) is 1. The summed E-state index contributed by atoms with van der Waals surface area (Å²) < 4.78 is 82.6. The molecule has 0 spiro atoms. The molecule has 0 saturated carbocycles. The van der Waals surface area contributed by atoms with E-state index in [1.54, 1.807) is 20.8 Å². The number of amides is 4. The van der Waals surface area contributed by atoms with Gasteiger partial charge in [-0.25, -0.2) is 41.5 Å². The van der Waals surface area contributed by atoms with E-state index in [2.05, 4.69) is 26.3 Å². The fraction of sp³-hybridized carbons (Fsp3) is 0.385. The predicted molar refractivity (Wildman–Crippen MR) is 286 cm³/mol. The average molecular weight is 1170 g/mol. The minimum Gasteiger partial charge on any atom is -0.448 e. The summed E-state index contributed by atoms with van der Waals surface area (Å²) in [6, 6.07) is 11.6. The van der Waals surface area contributed by atoms with Gasteiger partial charge in [-0.2, -0.15) is 0 Å². The Kier molecular flexibility index (Phi) is 22.9. The Morgan fingerprint density at radius 2 is 1.33 bits per heavy atom. The maximum atomic E-state index is 14.6. The first kappa shape index (κ1) is 62.6. The van der Waals surface area contributed by atoms with Crippen molar-refractivity contribution in [2.24, 2.45) is 5.73 Å². The maximum absolute atomic E-state index is 14.6. The highest BCUT2D eigenvalue weighted by Crippen LogP contribution is 2.37. The number of fused-ring (bicyclic) bond motifs is 2. The number of halogens is 8. The second-order valence-electron chi connectivity index (χ2n) is 18.8. The molecule has 0 unspecified atom stereocenters. The van der Waals surface area contributed by atoms with E-state index in [0.717, 1.165) is 6.07 Å². The van der Waals surface area contributed by atoms with Crippen molar-refractivity contribution in [3.05, 3.63) is 146 Å². The number of imidazole rings is 1. The van der Waals surface area contributed by atoms with Crippen molar-refractivity contribution >= 4 is 89.5 Å². The molecule has 3 heterocycles. The van der Waals surface area contributed by atoms with E-state index in [-0.39, 0.29) is 83.1 Å². The first-order valence-corrected chi connectivity index (χ1v) is 24.9. The molecule has 1 aromatic heterocycles. The Morgan fingerprint density at radius 3 is 1.90 bits per heavy atom. The summed E-state index contributed by atoms with van der Waals surface area (Å²) in [5.74, 6) is -2.93. The third kappa shape index (κ3) is 16.6. The summed E-state index contributed by atoms with van der Waals surface area (Å²) >= 11 is 11.4. The van der Waals surface area contributed by atoms with Crippen LogP contribution in [0.15, 0.2) is 79.4 Å². The smallest absolute Gasteiger partial charge is 0.419 e. The van der Waals surface area contributed by atoms with Crippen molar-refractivity contribution in [3.8, 4) is 0 Å². The van der Waals surface area contributed by atoms with Gasteiger partial charge in [0.2, 0.25) is 0 Å². The van der Waals surface area contributed by atoms with Gasteiger partial charge in [-0.3, -0.25) is 14.5 Å². The number of morpholine rings is 2. The first-order chi connectivity index (χ1) is 36.3. The molecule has 2 aliphatic heterocycles. The number of hydrogen-bond acceptors (Lipinski definition) is 13. The number of carbonyl (C=O) groups excluding carboxylic acids is 5. The van der Waals surface area contributed by atoms with Gasteiger partial charge in [0.05, 0.1) is 54.6 Å². The van der Waals surface area contributed by atoms with Crippen molar-refractivity contribution in [2.75, 3.05) is 63.4 Å². The zero-order chi connectivity index (χ0) is 54.7. The normalized spacial score (nSPS) is 18.1. The van der Waals surface area contributed by atoms with E-state index in [1.165, 1.54) is 82.8 Å². The Labute approximate surface area is 469 Å². The second kappa shape index (κ2) is 28.6. The molecule has 0 radical (unpaired) electrons. The molecule has 4 atom stereocenters. The van der Waals surface area contributed by atoms with Gasteiger partial charge in [0.15, 0.2) is 0 Å². The summed E-state index contributed by atoms with van der Waals surface area (Å²) in [5.41, 5.74) is 8.48. The molecule has 26 heteroatoms. The lowest BCUT2D eigenvalue weighted by Gasteiger charge is -2.36. The molecular weight excluding hydrogens is 1110 g/mol. The van der Waals surface area contributed by atoms with Gasteiger partial charge in [-0.05, 0) is 118 Å². The number of carbonyl (C=O) groups is 5. The summed E-state index contributed by atoms with van der Waals surface area (Å²) in [7, 11) is 0. The third-order valence-corrected chi connectivity index (χ3v) is 12.8. The van der Waals surface area contributed by atoms with E-state index in [4.69, 9.17) is 52.6 Å². The van der Waals surface area contributed by atoms with E-state index in [9.17, 15) is 41.5 Å². The van der Waals surface area contributed by atoms with E-state index < -0.39 is 59.2 Å². The molecule has 5 aromatic rings. The summed E-state index contributed by atoms with van der Waals surface area (Å²) in [6.45, 7) is 8.48. The fourth-order valence-corrected chi connectivity index (χ4v) is 8.99. The van der Waals surface area contributed by atoms with Crippen molar-refractivity contribution in [3.63, 3.8) is 0 Å². The molecule has 4 aromatic carbocycles. The van der Waals surface area contributed by atoms with Crippen LogP contribution >= 0.6 is 48.0 Å². The Morgan fingerprint density at radius 1 is 0.756 bits per heavy atom.